The van der Waals surface area contributed by atoms with Gasteiger partial charge in [0.1, 0.15) is 6.07 Å². The van der Waals surface area contributed by atoms with Crippen molar-refractivity contribution < 1.29 is 23.0 Å². The summed E-state index contributed by atoms with van der Waals surface area (Å²) in [5.41, 5.74) is -0.724. The molecule has 0 saturated heterocycles. The lowest BCUT2D eigenvalue weighted by Gasteiger charge is -2.16. The molecule has 118 valence electrons. The van der Waals surface area contributed by atoms with Crippen LogP contribution in [0.1, 0.15) is 26.3 Å². The molecule has 0 fully saturated rings. The average molecular weight is 309 g/mol. The summed E-state index contributed by atoms with van der Waals surface area (Å²) in [4.78, 5) is 12.2. The van der Waals surface area contributed by atoms with Crippen LogP contribution in [0.2, 0.25) is 0 Å². The van der Waals surface area contributed by atoms with E-state index in [4.69, 9.17) is 10.00 Å². The van der Waals surface area contributed by atoms with Crippen LogP contribution in [0.3, 0.4) is 0 Å². The highest BCUT2D eigenvalue weighted by Gasteiger charge is 2.25. The van der Waals surface area contributed by atoms with Crippen LogP contribution in [-0.4, -0.2) is 19.5 Å². The second kappa shape index (κ2) is 7.03. The van der Waals surface area contributed by atoms with Gasteiger partial charge in [-0.15, -0.1) is 0 Å². The van der Waals surface area contributed by atoms with E-state index in [1.165, 1.54) is 25.3 Å². The molecule has 0 radical (unpaired) electrons. The van der Waals surface area contributed by atoms with E-state index in [9.17, 15) is 13.6 Å². The number of methoxy groups -OCH3 is 1. The summed E-state index contributed by atoms with van der Waals surface area (Å²) >= 11 is 0. The standard InChI is InChI=1S/C16H17F2NO3/c1-16(2,3)14(20)11(9-19)8-10-6-5-7-12(21-4)13(10)22-15(17)18/h5-8,15H,1-4H3. The molecule has 0 atom stereocenters. The number of rotatable bonds is 5. The predicted octanol–water partition coefficient (Wildman–Crippen LogP) is 3.82. The van der Waals surface area contributed by atoms with Gasteiger partial charge in [0.2, 0.25) is 0 Å². The second-order valence-corrected chi connectivity index (χ2v) is 5.51. The minimum Gasteiger partial charge on any atom is -0.493 e. The minimum absolute atomic E-state index is 0.0922. The molecule has 0 aromatic heterocycles. The predicted molar refractivity (Wildman–Crippen MR) is 77.7 cm³/mol. The van der Waals surface area contributed by atoms with Crippen molar-refractivity contribution in [1.29, 1.82) is 5.26 Å². The highest BCUT2D eigenvalue weighted by molar-refractivity contribution is 6.06. The number of alkyl halides is 2. The van der Waals surface area contributed by atoms with Gasteiger partial charge < -0.3 is 9.47 Å². The molecule has 0 bridgehead atoms. The lowest BCUT2D eigenvalue weighted by molar-refractivity contribution is -0.121. The first-order valence-electron chi connectivity index (χ1n) is 6.49. The number of ether oxygens (including phenoxy) is 2. The number of hydrogen-bond acceptors (Lipinski definition) is 4. The molecule has 0 aliphatic carbocycles. The van der Waals surface area contributed by atoms with Gasteiger partial charge in [-0.1, -0.05) is 32.9 Å². The van der Waals surface area contributed by atoms with Crippen molar-refractivity contribution >= 4 is 11.9 Å². The fourth-order valence-electron chi connectivity index (χ4n) is 1.73. The molecule has 0 aliphatic rings. The fraction of sp³-hybridized carbons (Fsp3) is 0.375. The monoisotopic (exact) mass is 309 g/mol. The van der Waals surface area contributed by atoms with Crippen LogP contribution in [0.4, 0.5) is 8.78 Å². The summed E-state index contributed by atoms with van der Waals surface area (Å²) in [6, 6.07) is 6.27. The van der Waals surface area contributed by atoms with Crippen LogP contribution < -0.4 is 9.47 Å². The number of benzene rings is 1. The first kappa shape index (κ1) is 17.6. The average Bonchev–Trinajstić information content (AvgIpc) is 2.43. The molecule has 4 nitrogen and oxygen atoms in total. The SMILES string of the molecule is COc1cccc(C=C(C#N)C(=O)C(C)(C)C)c1OC(F)F. The van der Waals surface area contributed by atoms with Gasteiger partial charge in [0.05, 0.1) is 12.7 Å². The zero-order chi connectivity index (χ0) is 16.9. The first-order chi connectivity index (χ1) is 10.2. The third kappa shape index (κ3) is 4.29. The quantitative estimate of drug-likeness (QED) is 0.613. The van der Waals surface area contributed by atoms with Gasteiger partial charge in [0.15, 0.2) is 17.3 Å². The molecular weight excluding hydrogens is 292 g/mol. The van der Waals surface area contributed by atoms with Gasteiger partial charge in [-0.05, 0) is 12.1 Å². The van der Waals surface area contributed by atoms with Crippen molar-refractivity contribution in [3.05, 3.63) is 29.3 Å². The zero-order valence-corrected chi connectivity index (χ0v) is 12.8. The number of hydrogen-bond donors (Lipinski definition) is 0. The molecule has 0 aliphatic heterocycles. The Morgan fingerprint density at radius 2 is 2.00 bits per heavy atom. The van der Waals surface area contributed by atoms with E-state index in [2.05, 4.69) is 4.74 Å². The van der Waals surface area contributed by atoms with Gasteiger partial charge in [-0.2, -0.15) is 14.0 Å². The molecule has 1 aromatic carbocycles. The summed E-state index contributed by atoms with van der Waals surface area (Å²) < 4.78 is 34.5. The van der Waals surface area contributed by atoms with E-state index in [1.807, 2.05) is 0 Å². The van der Waals surface area contributed by atoms with Gasteiger partial charge in [-0.25, -0.2) is 0 Å². The van der Waals surface area contributed by atoms with E-state index in [0.717, 1.165) is 0 Å². The summed E-state index contributed by atoms with van der Waals surface area (Å²) in [7, 11) is 1.31. The Kier molecular flexibility index (Phi) is 5.63. The highest BCUT2D eigenvalue weighted by atomic mass is 19.3. The maximum atomic E-state index is 12.6. The number of ketones is 1. The number of nitrogens with zero attached hydrogens (tertiary/aromatic N) is 1. The third-order valence-electron chi connectivity index (χ3n) is 2.78. The highest BCUT2D eigenvalue weighted by Crippen LogP contribution is 2.34. The molecular formula is C16H17F2NO3. The fourth-order valence-corrected chi connectivity index (χ4v) is 1.73. The molecule has 22 heavy (non-hydrogen) atoms. The Morgan fingerprint density at radius 3 is 2.45 bits per heavy atom. The van der Waals surface area contributed by atoms with Crippen molar-refractivity contribution in [3.63, 3.8) is 0 Å². The van der Waals surface area contributed by atoms with Crippen LogP contribution in [0.5, 0.6) is 11.5 Å². The second-order valence-electron chi connectivity index (χ2n) is 5.51. The van der Waals surface area contributed by atoms with Crippen LogP contribution in [0, 0.1) is 16.7 Å². The number of para-hydroxylation sites is 1. The molecule has 1 rings (SSSR count). The maximum absolute atomic E-state index is 12.6. The van der Waals surface area contributed by atoms with Crippen molar-refractivity contribution in [3.8, 4) is 17.6 Å². The zero-order valence-electron chi connectivity index (χ0n) is 12.8. The van der Waals surface area contributed by atoms with Crippen molar-refractivity contribution in [1.82, 2.24) is 0 Å². The lowest BCUT2D eigenvalue weighted by Crippen LogP contribution is -2.21. The Bertz CT molecular complexity index is 625. The summed E-state index contributed by atoms with van der Waals surface area (Å²) in [5, 5.41) is 9.16. The van der Waals surface area contributed by atoms with Crippen LogP contribution in [0.15, 0.2) is 23.8 Å². The third-order valence-corrected chi connectivity index (χ3v) is 2.78. The van der Waals surface area contributed by atoms with E-state index < -0.39 is 12.0 Å². The summed E-state index contributed by atoms with van der Waals surface area (Å²) in [6.07, 6.45) is 1.23. The number of carbonyl (C=O) groups excluding carboxylic acids is 1. The molecule has 0 N–H and O–H groups in total. The smallest absolute Gasteiger partial charge is 0.387 e. The Balaban J connectivity index is 3.39. The molecule has 0 amide bonds. The van der Waals surface area contributed by atoms with Crippen LogP contribution in [0.25, 0.3) is 6.08 Å². The van der Waals surface area contributed by atoms with Crippen molar-refractivity contribution in [2.45, 2.75) is 27.4 Å². The number of nitriles is 1. The Hall–Kier alpha value is -2.42. The molecule has 0 unspecified atom stereocenters. The van der Waals surface area contributed by atoms with E-state index in [-0.39, 0.29) is 28.4 Å². The first-order valence-corrected chi connectivity index (χ1v) is 6.49. The van der Waals surface area contributed by atoms with Gasteiger partial charge >= 0.3 is 6.61 Å². The molecule has 1 aromatic rings. The lowest BCUT2D eigenvalue weighted by atomic mass is 9.86. The van der Waals surface area contributed by atoms with Crippen molar-refractivity contribution in [2.75, 3.05) is 7.11 Å². The molecule has 0 spiro atoms. The van der Waals surface area contributed by atoms with E-state index >= 15 is 0 Å². The summed E-state index contributed by atoms with van der Waals surface area (Å²) in [6.45, 7) is 1.96. The summed E-state index contributed by atoms with van der Waals surface area (Å²) in [5.74, 6) is -0.509. The van der Waals surface area contributed by atoms with Gasteiger partial charge in [-0.3, -0.25) is 4.79 Å². The molecule has 0 saturated carbocycles. The van der Waals surface area contributed by atoms with Gasteiger partial charge in [0, 0.05) is 11.0 Å². The van der Waals surface area contributed by atoms with Crippen LogP contribution >= 0.6 is 0 Å². The minimum atomic E-state index is -3.05. The normalized spacial score (nSPS) is 12.0. The number of carbonyl (C=O) groups is 1. The Labute approximate surface area is 128 Å². The van der Waals surface area contributed by atoms with Crippen molar-refractivity contribution in [2.24, 2.45) is 5.41 Å². The molecule has 6 heteroatoms. The largest absolute Gasteiger partial charge is 0.493 e. The topological polar surface area (TPSA) is 59.3 Å². The number of halogens is 2. The van der Waals surface area contributed by atoms with E-state index in [0.29, 0.717) is 0 Å². The van der Waals surface area contributed by atoms with Crippen LogP contribution in [-0.2, 0) is 4.79 Å². The maximum Gasteiger partial charge on any atom is 0.387 e. The Morgan fingerprint density at radius 1 is 1.36 bits per heavy atom. The number of Topliss-reactive ketones (excluding diaryl/α,β-unsaturated/α-hetero) is 1. The van der Waals surface area contributed by atoms with E-state index in [1.54, 1.807) is 32.9 Å². The number of allylic oxidation sites excluding steroid dienone is 1. The van der Waals surface area contributed by atoms with Gasteiger partial charge in [0.25, 0.3) is 0 Å². The molecule has 0 heterocycles.